The number of carbonyl (C=O) groups is 1. The van der Waals surface area contributed by atoms with Crippen LogP contribution in [0.4, 0.5) is 5.82 Å². The molecule has 4 rings (SSSR count). The van der Waals surface area contributed by atoms with Gasteiger partial charge in [-0.05, 0) is 94.1 Å². The Morgan fingerprint density at radius 1 is 1.03 bits per heavy atom. The Morgan fingerprint density at radius 3 is 2.38 bits per heavy atom. The largest absolute Gasteiger partial charge is 0.489 e. The molecule has 0 radical (unpaired) electrons. The number of anilines is 1. The molecule has 1 saturated heterocycles. The highest BCUT2D eigenvalue weighted by Crippen LogP contribution is 2.29. The number of rotatable bonds is 6. The van der Waals surface area contributed by atoms with Gasteiger partial charge in [0.1, 0.15) is 18.2 Å². The molecular formula is C28H34N4O2. The maximum absolute atomic E-state index is 12.8. The minimum Gasteiger partial charge on any atom is -0.489 e. The Bertz CT molecular complexity index is 1120. The van der Waals surface area contributed by atoms with Gasteiger partial charge in [-0.15, -0.1) is 0 Å². The number of aromatic nitrogens is 1. The molecule has 2 heterocycles. The molecule has 3 aromatic rings. The summed E-state index contributed by atoms with van der Waals surface area (Å²) in [5, 5.41) is 6.87. The first-order chi connectivity index (χ1) is 16.1. The van der Waals surface area contributed by atoms with Crippen LogP contribution in [-0.2, 0) is 6.61 Å². The van der Waals surface area contributed by atoms with E-state index in [0.29, 0.717) is 18.0 Å². The van der Waals surface area contributed by atoms with Crippen molar-refractivity contribution in [3.63, 3.8) is 0 Å². The molecule has 0 spiro atoms. The summed E-state index contributed by atoms with van der Waals surface area (Å²) in [7, 11) is 0. The Labute approximate surface area is 201 Å². The van der Waals surface area contributed by atoms with Crippen molar-refractivity contribution in [1.82, 2.24) is 15.6 Å². The van der Waals surface area contributed by atoms with Gasteiger partial charge < -0.3 is 21.1 Å². The molecule has 178 valence electrons. The number of hydrogen-bond donors (Lipinski definition) is 3. The molecule has 1 amide bonds. The van der Waals surface area contributed by atoms with Crippen LogP contribution < -0.4 is 21.1 Å². The van der Waals surface area contributed by atoms with Crippen LogP contribution in [0.15, 0.2) is 66.9 Å². The molecular weight excluding hydrogens is 424 g/mol. The topological polar surface area (TPSA) is 89.3 Å². The van der Waals surface area contributed by atoms with E-state index in [1.807, 2.05) is 48.5 Å². The first kappa shape index (κ1) is 23.8. The third-order valence-electron chi connectivity index (χ3n) is 6.09. The van der Waals surface area contributed by atoms with E-state index in [1.165, 1.54) is 0 Å². The summed E-state index contributed by atoms with van der Waals surface area (Å²) in [5.41, 5.74) is 9.41. The average molecular weight is 459 g/mol. The second-order valence-electron chi connectivity index (χ2n) is 10.5. The van der Waals surface area contributed by atoms with Crippen molar-refractivity contribution in [2.75, 3.05) is 5.73 Å². The van der Waals surface area contributed by atoms with Crippen LogP contribution in [-0.4, -0.2) is 28.0 Å². The Kier molecular flexibility index (Phi) is 6.62. The van der Waals surface area contributed by atoms with Gasteiger partial charge in [-0.1, -0.05) is 18.2 Å². The molecule has 34 heavy (non-hydrogen) atoms. The number of nitrogen functional groups attached to an aromatic ring is 1. The van der Waals surface area contributed by atoms with Crippen molar-refractivity contribution in [3.05, 3.63) is 78.0 Å². The summed E-state index contributed by atoms with van der Waals surface area (Å²) < 4.78 is 5.97. The van der Waals surface area contributed by atoms with Gasteiger partial charge >= 0.3 is 0 Å². The van der Waals surface area contributed by atoms with Crippen molar-refractivity contribution in [1.29, 1.82) is 0 Å². The molecule has 6 heteroatoms. The lowest BCUT2D eigenvalue weighted by molar-refractivity contribution is 0.0873. The van der Waals surface area contributed by atoms with Gasteiger partial charge in [0.25, 0.3) is 5.91 Å². The molecule has 1 fully saturated rings. The third kappa shape index (κ3) is 6.14. The fourth-order valence-electron chi connectivity index (χ4n) is 4.98. The number of piperidine rings is 1. The number of amides is 1. The first-order valence-electron chi connectivity index (χ1n) is 11.7. The number of ether oxygens (including phenoxy) is 1. The fourth-order valence-corrected chi connectivity index (χ4v) is 4.98. The fraction of sp³-hybridized carbons (Fsp3) is 0.357. The van der Waals surface area contributed by atoms with Gasteiger partial charge in [-0.3, -0.25) is 4.79 Å². The van der Waals surface area contributed by atoms with E-state index in [-0.39, 0.29) is 23.0 Å². The van der Waals surface area contributed by atoms with Crippen molar-refractivity contribution in [2.24, 2.45) is 0 Å². The van der Waals surface area contributed by atoms with Gasteiger partial charge in [-0.2, -0.15) is 0 Å². The Balaban J connectivity index is 1.35. The second kappa shape index (κ2) is 9.47. The monoisotopic (exact) mass is 458 g/mol. The quantitative estimate of drug-likeness (QED) is 0.486. The maximum atomic E-state index is 12.8. The summed E-state index contributed by atoms with van der Waals surface area (Å²) in [6.45, 7) is 9.16. The van der Waals surface area contributed by atoms with Crippen molar-refractivity contribution < 1.29 is 9.53 Å². The van der Waals surface area contributed by atoms with Crippen LogP contribution in [0.5, 0.6) is 5.75 Å². The van der Waals surface area contributed by atoms with Gasteiger partial charge in [0.15, 0.2) is 0 Å². The molecule has 0 saturated carbocycles. The average Bonchev–Trinajstić information content (AvgIpc) is 2.76. The Morgan fingerprint density at radius 2 is 1.74 bits per heavy atom. The van der Waals surface area contributed by atoms with E-state index in [9.17, 15) is 4.79 Å². The smallest absolute Gasteiger partial charge is 0.251 e. The van der Waals surface area contributed by atoms with Crippen LogP contribution in [0.25, 0.3) is 11.1 Å². The lowest BCUT2D eigenvalue weighted by atomic mass is 9.79. The summed E-state index contributed by atoms with van der Waals surface area (Å²) in [4.78, 5) is 17.0. The third-order valence-corrected chi connectivity index (χ3v) is 6.09. The molecule has 2 aromatic carbocycles. The van der Waals surface area contributed by atoms with Crippen molar-refractivity contribution in [2.45, 2.75) is 64.3 Å². The minimum atomic E-state index is -0.0464. The summed E-state index contributed by atoms with van der Waals surface area (Å²) in [5.74, 6) is 1.18. The SMILES string of the molecule is CC1(C)CC(NC(=O)c2ccc(OCc3cccc(-c4ccc(N)nc4)c3)cc2)CC(C)(C)N1. The molecule has 0 unspecified atom stereocenters. The minimum absolute atomic E-state index is 0.0148. The lowest BCUT2D eigenvalue weighted by Crippen LogP contribution is -2.62. The summed E-state index contributed by atoms with van der Waals surface area (Å²) in [6, 6.07) is 19.4. The van der Waals surface area contributed by atoms with Gasteiger partial charge in [0, 0.05) is 34.4 Å². The first-order valence-corrected chi connectivity index (χ1v) is 11.7. The number of benzene rings is 2. The number of nitrogens with two attached hydrogens (primary N) is 1. The standard InChI is InChI=1S/C28H34N4O2/c1-27(2)15-23(16-28(3,4)32-27)31-26(33)20-8-11-24(12-9-20)34-18-19-6-5-7-21(14-19)22-10-13-25(29)30-17-22/h5-14,17,23,32H,15-16,18H2,1-4H3,(H2,29,30)(H,31,33). The molecule has 1 aliphatic rings. The summed E-state index contributed by atoms with van der Waals surface area (Å²) >= 11 is 0. The van der Waals surface area contributed by atoms with Gasteiger partial charge in [-0.25, -0.2) is 4.98 Å². The predicted octanol–water partition coefficient (Wildman–Crippen LogP) is 4.95. The van der Waals surface area contributed by atoms with E-state index >= 15 is 0 Å². The normalized spacial score (nSPS) is 17.2. The molecule has 1 aromatic heterocycles. The highest BCUT2D eigenvalue weighted by molar-refractivity contribution is 5.94. The van der Waals surface area contributed by atoms with Gasteiger partial charge in [0.05, 0.1) is 0 Å². The number of carbonyl (C=O) groups excluding carboxylic acids is 1. The van der Waals surface area contributed by atoms with E-state index in [2.05, 4.69) is 49.4 Å². The predicted molar refractivity (Wildman–Crippen MR) is 137 cm³/mol. The molecule has 0 bridgehead atoms. The van der Waals surface area contributed by atoms with Gasteiger partial charge in [0.2, 0.25) is 0 Å². The highest BCUT2D eigenvalue weighted by Gasteiger charge is 2.38. The molecule has 0 aliphatic carbocycles. The molecule has 4 N–H and O–H groups in total. The second-order valence-corrected chi connectivity index (χ2v) is 10.5. The number of nitrogens with zero attached hydrogens (tertiary/aromatic N) is 1. The highest BCUT2D eigenvalue weighted by atomic mass is 16.5. The molecule has 0 atom stereocenters. The van der Waals surface area contributed by atoms with Crippen LogP contribution >= 0.6 is 0 Å². The van der Waals surface area contributed by atoms with Crippen molar-refractivity contribution in [3.8, 4) is 16.9 Å². The zero-order valence-corrected chi connectivity index (χ0v) is 20.4. The van der Waals surface area contributed by atoms with Crippen molar-refractivity contribution >= 4 is 11.7 Å². The van der Waals surface area contributed by atoms with E-state index in [4.69, 9.17) is 10.5 Å². The number of pyridine rings is 1. The Hall–Kier alpha value is -3.38. The van der Waals surface area contributed by atoms with Crippen LogP contribution in [0.1, 0.15) is 56.5 Å². The van der Waals surface area contributed by atoms with E-state index < -0.39 is 0 Å². The number of hydrogen-bond acceptors (Lipinski definition) is 5. The zero-order chi connectivity index (χ0) is 24.3. The van der Waals surface area contributed by atoms with Crippen LogP contribution in [0.3, 0.4) is 0 Å². The van der Waals surface area contributed by atoms with Crippen LogP contribution in [0, 0.1) is 0 Å². The maximum Gasteiger partial charge on any atom is 0.251 e. The molecule has 6 nitrogen and oxygen atoms in total. The molecule has 1 aliphatic heterocycles. The van der Waals surface area contributed by atoms with E-state index in [0.717, 1.165) is 35.3 Å². The van der Waals surface area contributed by atoms with E-state index in [1.54, 1.807) is 12.3 Å². The lowest BCUT2D eigenvalue weighted by Gasteiger charge is -2.46. The zero-order valence-electron chi connectivity index (χ0n) is 20.4. The van der Waals surface area contributed by atoms with Crippen LogP contribution in [0.2, 0.25) is 0 Å². The number of nitrogens with one attached hydrogen (secondary N) is 2. The summed E-state index contributed by atoms with van der Waals surface area (Å²) in [6.07, 6.45) is 3.56.